The molecule has 1 N–H and O–H groups in total. The number of hydrogen-bond acceptors (Lipinski definition) is 4. The van der Waals surface area contributed by atoms with Crippen molar-refractivity contribution in [3.8, 4) is 0 Å². The van der Waals surface area contributed by atoms with Gasteiger partial charge in [0, 0.05) is 24.0 Å². The molecule has 0 aromatic heterocycles. The van der Waals surface area contributed by atoms with E-state index in [-0.39, 0.29) is 17.9 Å². The molecule has 2 heterocycles. The first kappa shape index (κ1) is 22.1. The molecule has 0 bridgehead atoms. The van der Waals surface area contributed by atoms with E-state index in [0.717, 1.165) is 37.2 Å². The van der Waals surface area contributed by atoms with Crippen LogP contribution in [0.3, 0.4) is 0 Å². The zero-order valence-corrected chi connectivity index (χ0v) is 19.2. The second-order valence-electron chi connectivity index (χ2n) is 8.26. The molecule has 1 saturated heterocycles. The number of amides is 1. The summed E-state index contributed by atoms with van der Waals surface area (Å²) in [5, 5.41) is 9.98. The van der Waals surface area contributed by atoms with Crippen LogP contribution >= 0.6 is 23.2 Å². The topological polar surface area (TPSA) is 47.9 Å². The van der Waals surface area contributed by atoms with E-state index in [1.54, 1.807) is 0 Å². The first-order valence-electron chi connectivity index (χ1n) is 11.0. The van der Waals surface area contributed by atoms with E-state index < -0.39 is 0 Å². The van der Waals surface area contributed by atoms with Gasteiger partial charge in [-0.3, -0.25) is 15.2 Å². The number of hydrogen-bond donors (Lipinski definition) is 1. The molecule has 0 unspecified atom stereocenters. The number of halogens is 2. The maximum Gasteiger partial charge on any atom is 0.282 e. The van der Waals surface area contributed by atoms with Crippen molar-refractivity contribution >= 4 is 40.5 Å². The third-order valence-electron chi connectivity index (χ3n) is 6.04. The fourth-order valence-corrected chi connectivity index (χ4v) is 4.72. The smallest absolute Gasteiger partial charge is 0.282 e. The number of hydrazone groups is 1. The highest BCUT2D eigenvalue weighted by Gasteiger charge is 2.40. The van der Waals surface area contributed by atoms with E-state index >= 15 is 0 Å². The van der Waals surface area contributed by atoms with E-state index in [1.807, 2.05) is 65.5 Å². The molecule has 164 valence electrons. The number of carbonyl (C=O) groups is 1. The van der Waals surface area contributed by atoms with Crippen molar-refractivity contribution in [3.63, 3.8) is 0 Å². The monoisotopic (exact) mass is 458 g/mol. The molecule has 4 rings (SSSR count). The fraction of sp³-hybridized carbons (Fsp3) is 0.417. The molecular formula is C24H28Cl2N4O. The van der Waals surface area contributed by atoms with Crippen LogP contribution < -0.4 is 10.4 Å². The molecule has 2 aromatic rings. The number of benzene rings is 2. The van der Waals surface area contributed by atoms with Crippen LogP contribution in [-0.4, -0.2) is 29.7 Å². The number of para-hydroxylation sites is 1. The Balaban J connectivity index is 1.62. The molecule has 0 aliphatic carbocycles. The van der Waals surface area contributed by atoms with Gasteiger partial charge in [0.25, 0.3) is 5.91 Å². The third-order valence-corrected chi connectivity index (χ3v) is 6.61. The van der Waals surface area contributed by atoms with Gasteiger partial charge in [-0.2, -0.15) is 5.10 Å². The summed E-state index contributed by atoms with van der Waals surface area (Å²) in [5.41, 5.74) is 5.44. The molecular weight excluding hydrogens is 431 g/mol. The normalized spacial score (nSPS) is 22.5. The van der Waals surface area contributed by atoms with Gasteiger partial charge in [0.15, 0.2) is 0 Å². The van der Waals surface area contributed by atoms with Crippen LogP contribution in [0, 0.1) is 5.92 Å². The molecule has 2 aromatic carbocycles. The van der Waals surface area contributed by atoms with Gasteiger partial charge in [-0.05, 0) is 42.7 Å². The van der Waals surface area contributed by atoms with E-state index in [4.69, 9.17) is 28.3 Å². The largest absolute Gasteiger partial charge is 0.284 e. The second kappa shape index (κ2) is 10.0. The Kier molecular flexibility index (Phi) is 7.16. The van der Waals surface area contributed by atoms with Crippen molar-refractivity contribution in [3.05, 3.63) is 64.1 Å². The highest BCUT2D eigenvalue weighted by molar-refractivity contribution is 6.40. The van der Waals surface area contributed by atoms with Crippen molar-refractivity contribution in [1.29, 1.82) is 0 Å². The molecule has 0 radical (unpaired) electrons. The average molecular weight is 459 g/mol. The van der Waals surface area contributed by atoms with Crippen molar-refractivity contribution in [2.24, 2.45) is 11.0 Å². The van der Waals surface area contributed by atoms with E-state index in [2.05, 4.69) is 5.43 Å². The summed E-state index contributed by atoms with van der Waals surface area (Å²) < 4.78 is 0. The van der Waals surface area contributed by atoms with Crippen molar-refractivity contribution in [2.45, 2.75) is 45.1 Å². The van der Waals surface area contributed by atoms with Crippen molar-refractivity contribution < 1.29 is 4.79 Å². The Bertz CT molecular complexity index is 939. The molecule has 2 atom stereocenters. The maximum atomic E-state index is 13.3. The van der Waals surface area contributed by atoms with Gasteiger partial charge in [-0.1, -0.05) is 73.7 Å². The Hall–Kier alpha value is -2.08. The Labute approximate surface area is 194 Å². The van der Waals surface area contributed by atoms with Crippen LogP contribution in [0.4, 0.5) is 5.69 Å². The number of carbonyl (C=O) groups excluding carboxylic acids is 1. The fourth-order valence-electron chi connectivity index (χ4n) is 4.37. The number of nitrogens with one attached hydrogen (secondary N) is 1. The van der Waals surface area contributed by atoms with Crippen LogP contribution in [0.2, 0.25) is 10.0 Å². The molecule has 1 fully saturated rings. The summed E-state index contributed by atoms with van der Waals surface area (Å²) >= 11 is 12.6. The zero-order valence-electron chi connectivity index (χ0n) is 17.7. The lowest BCUT2D eigenvalue weighted by Gasteiger charge is -2.28. The second-order valence-corrected chi connectivity index (χ2v) is 9.11. The lowest BCUT2D eigenvalue weighted by atomic mass is 9.91. The van der Waals surface area contributed by atoms with Crippen LogP contribution in [0.1, 0.15) is 50.6 Å². The molecule has 1 amide bonds. The first-order chi connectivity index (χ1) is 15.0. The van der Waals surface area contributed by atoms with Gasteiger partial charge in [0.2, 0.25) is 0 Å². The van der Waals surface area contributed by atoms with Crippen LogP contribution in [0.5, 0.6) is 0 Å². The summed E-state index contributed by atoms with van der Waals surface area (Å²) in [4.78, 5) is 13.3. The highest BCUT2D eigenvalue weighted by atomic mass is 35.5. The number of hydrazine groups is 1. The average Bonchev–Trinajstić information content (AvgIpc) is 3.08. The lowest BCUT2D eigenvalue weighted by Crippen LogP contribution is -2.47. The summed E-state index contributed by atoms with van der Waals surface area (Å²) in [7, 11) is 0. The van der Waals surface area contributed by atoms with Gasteiger partial charge in [0.1, 0.15) is 5.71 Å². The minimum atomic E-state index is -0.148. The maximum absolute atomic E-state index is 13.3. The Morgan fingerprint density at radius 2 is 1.61 bits per heavy atom. The molecule has 0 saturated carbocycles. The highest BCUT2D eigenvalue weighted by Crippen LogP contribution is 2.41. The Morgan fingerprint density at radius 3 is 2.29 bits per heavy atom. The van der Waals surface area contributed by atoms with Crippen LogP contribution in [-0.2, 0) is 4.79 Å². The third kappa shape index (κ3) is 5.05. The van der Waals surface area contributed by atoms with Gasteiger partial charge in [-0.15, -0.1) is 0 Å². The SMILES string of the molecule is C[C@@H]1C(C(=O)NN2CCCCCCC2)=NN(c2ccccc2Cl)[C@@H]1c1ccc(Cl)cc1. The van der Waals surface area contributed by atoms with E-state index in [0.29, 0.717) is 15.8 Å². The van der Waals surface area contributed by atoms with E-state index in [9.17, 15) is 4.79 Å². The molecule has 31 heavy (non-hydrogen) atoms. The Morgan fingerprint density at radius 1 is 0.968 bits per heavy atom. The minimum absolute atomic E-state index is 0.118. The quantitative estimate of drug-likeness (QED) is 0.625. The molecule has 2 aliphatic rings. The standard InChI is InChI=1S/C24H28Cl2N4O/c1-17-22(24(31)28-29-15-7-3-2-4-8-16-29)27-30(21-10-6-5-9-20(21)26)23(17)18-11-13-19(25)14-12-18/h5-6,9-14,17,23H,2-4,7-8,15-16H2,1H3,(H,28,31)/t17-,23+/m1/s1. The number of nitrogens with zero attached hydrogens (tertiary/aromatic N) is 3. The predicted molar refractivity (Wildman–Crippen MR) is 128 cm³/mol. The predicted octanol–water partition coefficient (Wildman–Crippen LogP) is 5.84. The first-order valence-corrected chi connectivity index (χ1v) is 11.7. The summed E-state index contributed by atoms with van der Waals surface area (Å²) in [6, 6.07) is 15.2. The van der Waals surface area contributed by atoms with Gasteiger partial charge >= 0.3 is 0 Å². The van der Waals surface area contributed by atoms with Crippen molar-refractivity contribution in [1.82, 2.24) is 10.4 Å². The van der Waals surface area contributed by atoms with Gasteiger partial charge in [-0.25, -0.2) is 5.01 Å². The van der Waals surface area contributed by atoms with Crippen LogP contribution in [0.15, 0.2) is 53.6 Å². The number of rotatable bonds is 4. The molecule has 5 nitrogen and oxygen atoms in total. The van der Waals surface area contributed by atoms with Gasteiger partial charge in [0.05, 0.1) is 16.8 Å². The molecule has 2 aliphatic heterocycles. The van der Waals surface area contributed by atoms with E-state index in [1.165, 1.54) is 19.3 Å². The van der Waals surface area contributed by atoms with Crippen LogP contribution in [0.25, 0.3) is 0 Å². The zero-order chi connectivity index (χ0) is 21.8. The summed E-state index contributed by atoms with van der Waals surface area (Å²) in [6.45, 7) is 3.80. The minimum Gasteiger partial charge on any atom is -0.284 e. The van der Waals surface area contributed by atoms with Gasteiger partial charge < -0.3 is 0 Å². The van der Waals surface area contributed by atoms with Crippen molar-refractivity contribution in [2.75, 3.05) is 18.1 Å². The summed E-state index contributed by atoms with van der Waals surface area (Å²) in [6.07, 6.45) is 5.90. The number of anilines is 1. The molecule has 7 heteroatoms. The summed E-state index contributed by atoms with van der Waals surface area (Å²) in [5.74, 6) is -0.256. The lowest BCUT2D eigenvalue weighted by molar-refractivity contribution is -0.119. The molecule has 0 spiro atoms.